The molecule has 0 aliphatic rings. The molecule has 0 bridgehead atoms. The van der Waals surface area contributed by atoms with Gasteiger partial charge in [-0.15, -0.1) is 11.3 Å². The number of alkyl halides is 1. The largest absolute Gasteiger partial charge is 0.496 e. The molecule has 1 nitrogen and oxygen atoms in total. The van der Waals surface area contributed by atoms with Crippen LogP contribution < -0.4 is 4.74 Å². The van der Waals surface area contributed by atoms with Gasteiger partial charge in [0, 0.05) is 15.5 Å². The van der Waals surface area contributed by atoms with Gasteiger partial charge in [0.25, 0.3) is 0 Å². The number of hydrogen-bond donors (Lipinski definition) is 0. The quantitative estimate of drug-likeness (QED) is 0.702. The molecule has 1 aromatic carbocycles. The lowest BCUT2D eigenvalue weighted by atomic mass is 10.1. The molecule has 1 atom stereocenters. The number of hydrogen-bond acceptors (Lipinski definition) is 2. The first kappa shape index (κ1) is 12.9. The number of rotatable bonds is 3. The summed E-state index contributed by atoms with van der Waals surface area (Å²) in [4.78, 5) is 1.40. The second kappa shape index (κ2) is 5.42. The van der Waals surface area contributed by atoms with Crippen LogP contribution in [0.4, 0.5) is 0 Å². The molecule has 0 fully saturated rings. The average molecular weight is 332 g/mol. The topological polar surface area (TPSA) is 9.23 Å². The van der Waals surface area contributed by atoms with Gasteiger partial charge in [0.1, 0.15) is 5.75 Å². The minimum Gasteiger partial charge on any atom is -0.496 e. The Morgan fingerprint density at radius 1 is 1.35 bits per heavy atom. The number of thiophene rings is 1. The van der Waals surface area contributed by atoms with Crippen molar-refractivity contribution in [2.75, 3.05) is 7.11 Å². The molecule has 0 N–H and O–H groups in total. The van der Waals surface area contributed by atoms with Crippen molar-refractivity contribution in [3.05, 3.63) is 50.7 Å². The highest BCUT2D eigenvalue weighted by Crippen LogP contribution is 2.41. The predicted molar refractivity (Wildman–Crippen MR) is 77.8 cm³/mol. The van der Waals surface area contributed by atoms with Gasteiger partial charge < -0.3 is 4.74 Å². The van der Waals surface area contributed by atoms with E-state index in [4.69, 9.17) is 16.3 Å². The van der Waals surface area contributed by atoms with E-state index in [0.717, 1.165) is 16.3 Å². The minimum absolute atomic E-state index is 0.121. The first-order valence-corrected chi connectivity index (χ1v) is 7.32. The fraction of sp³-hybridized carbons (Fsp3) is 0.231. The number of halogens is 2. The molecule has 90 valence electrons. The predicted octanol–water partition coefficient (Wildman–Crippen LogP) is 5.20. The average Bonchev–Trinajstić information content (AvgIpc) is 2.74. The van der Waals surface area contributed by atoms with Crippen LogP contribution in [0.25, 0.3) is 0 Å². The van der Waals surface area contributed by atoms with Crippen molar-refractivity contribution >= 4 is 38.9 Å². The molecule has 2 aromatic rings. The lowest BCUT2D eigenvalue weighted by Crippen LogP contribution is -1.96. The minimum atomic E-state index is 0.121. The highest BCUT2D eigenvalue weighted by molar-refractivity contribution is 9.09. The number of methoxy groups -OCH3 is 1. The summed E-state index contributed by atoms with van der Waals surface area (Å²) in [6.45, 7) is 2.11. The molecule has 1 heterocycles. The van der Waals surface area contributed by atoms with Crippen LogP contribution in [0.1, 0.15) is 20.8 Å². The Balaban J connectivity index is 2.46. The van der Waals surface area contributed by atoms with Crippen LogP contribution in [-0.4, -0.2) is 7.11 Å². The van der Waals surface area contributed by atoms with Gasteiger partial charge in [0.15, 0.2) is 0 Å². The lowest BCUT2D eigenvalue weighted by Gasteiger charge is -2.14. The first-order chi connectivity index (χ1) is 8.13. The van der Waals surface area contributed by atoms with Crippen molar-refractivity contribution in [2.24, 2.45) is 0 Å². The fourth-order valence-corrected chi connectivity index (χ4v) is 3.83. The van der Waals surface area contributed by atoms with Crippen LogP contribution in [0.15, 0.2) is 29.6 Å². The van der Waals surface area contributed by atoms with Crippen molar-refractivity contribution in [3.8, 4) is 5.75 Å². The van der Waals surface area contributed by atoms with Gasteiger partial charge in [-0.1, -0.05) is 27.5 Å². The summed E-state index contributed by atoms with van der Waals surface area (Å²) in [5.41, 5.74) is 2.34. The molecule has 0 amide bonds. The Morgan fingerprint density at radius 3 is 2.71 bits per heavy atom. The molecule has 0 aliphatic carbocycles. The smallest absolute Gasteiger partial charge is 0.123 e. The monoisotopic (exact) mass is 330 g/mol. The van der Waals surface area contributed by atoms with Crippen LogP contribution in [0.5, 0.6) is 5.75 Å². The van der Waals surface area contributed by atoms with Gasteiger partial charge in [-0.25, -0.2) is 0 Å². The third kappa shape index (κ3) is 2.67. The Morgan fingerprint density at radius 2 is 2.12 bits per heavy atom. The van der Waals surface area contributed by atoms with Crippen LogP contribution in [0.3, 0.4) is 0 Å². The molecule has 0 radical (unpaired) electrons. The third-order valence-electron chi connectivity index (χ3n) is 2.60. The standard InChI is InChI=1S/C13H12BrClOS/c1-8-5-6-17-13(8)12(14)10-7-9(15)3-4-11(10)16-2/h3-7,12H,1-2H3. The van der Waals surface area contributed by atoms with Crippen molar-refractivity contribution in [2.45, 2.75) is 11.8 Å². The molecule has 1 unspecified atom stereocenters. The Labute approximate surface area is 119 Å². The van der Waals surface area contributed by atoms with Gasteiger partial charge in [0.2, 0.25) is 0 Å². The molecule has 0 saturated heterocycles. The summed E-state index contributed by atoms with van der Waals surface area (Å²) in [7, 11) is 1.67. The maximum absolute atomic E-state index is 6.05. The SMILES string of the molecule is COc1ccc(Cl)cc1C(Br)c1sccc1C. The second-order valence-corrected chi connectivity index (χ2v) is 6.02. The number of ether oxygens (including phenoxy) is 1. The van der Waals surface area contributed by atoms with Crippen LogP contribution in [-0.2, 0) is 0 Å². The lowest BCUT2D eigenvalue weighted by molar-refractivity contribution is 0.410. The van der Waals surface area contributed by atoms with Crippen molar-refractivity contribution in [1.82, 2.24) is 0 Å². The maximum atomic E-state index is 6.05. The molecule has 1 aromatic heterocycles. The summed E-state index contributed by atoms with van der Waals surface area (Å²) < 4.78 is 5.38. The normalized spacial score (nSPS) is 12.5. The van der Waals surface area contributed by atoms with E-state index in [0.29, 0.717) is 0 Å². The van der Waals surface area contributed by atoms with E-state index in [-0.39, 0.29) is 4.83 Å². The van der Waals surface area contributed by atoms with Crippen molar-refractivity contribution in [3.63, 3.8) is 0 Å². The van der Waals surface area contributed by atoms with Gasteiger partial charge in [-0.2, -0.15) is 0 Å². The summed E-state index contributed by atoms with van der Waals surface area (Å²) in [6, 6.07) is 7.80. The van der Waals surface area contributed by atoms with E-state index in [9.17, 15) is 0 Å². The van der Waals surface area contributed by atoms with E-state index in [2.05, 4.69) is 34.3 Å². The summed E-state index contributed by atoms with van der Waals surface area (Å²) >= 11 is 11.5. The molecule has 2 rings (SSSR count). The fourth-order valence-electron chi connectivity index (χ4n) is 1.69. The molecule has 4 heteroatoms. The highest BCUT2D eigenvalue weighted by Gasteiger charge is 2.18. The Bertz CT molecular complexity index is 524. The molecule has 0 spiro atoms. The number of benzene rings is 1. The van der Waals surface area contributed by atoms with Crippen LogP contribution in [0, 0.1) is 6.92 Å². The van der Waals surface area contributed by atoms with E-state index in [1.165, 1.54) is 10.4 Å². The molecule has 17 heavy (non-hydrogen) atoms. The van der Waals surface area contributed by atoms with E-state index >= 15 is 0 Å². The second-order valence-electron chi connectivity index (χ2n) is 3.72. The van der Waals surface area contributed by atoms with Gasteiger partial charge in [-0.05, 0) is 42.1 Å². The van der Waals surface area contributed by atoms with Gasteiger partial charge >= 0.3 is 0 Å². The Hall–Kier alpha value is -0.510. The first-order valence-electron chi connectivity index (χ1n) is 5.15. The molecular weight excluding hydrogens is 320 g/mol. The van der Waals surface area contributed by atoms with E-state index in [1.54, 1.807) is 18.4 Å². The zero-order valence-electron chi connectivity index (χ0n) is 9.54. The zero-order valence-corrected chi connectivity index (χ0v) is 12.7. The van der Waals surface area contributed by atoms with Crippen LogP contribution in [0.2, 0.25) is 5.02 Å². The summed E-state index contributed by atoms with van der Waals surface area (Å²) in [5.74, 6) is 0.851. The van der Waals surface area contributed by atoms with Crippen molar-refractivity contribution < 1.29 is 4.74 Å². The third-order valence-corrected chi connectivity index (χ3v) is 5.17. The van der Waals surface area contributed by atoms with Crippen LogP contribution >= 0.6 is 38.9 Å². The molecule has 0 aliphatic heterocycles. The van der Waals surface area contributed by atoms with Crippen molar-refractivity contribution in [1.29, 1.82) is 0 Å². The zero-order chi connectivity index (χ0) is 12.4. The van der Waals surface area contributed by atoms with E-state index in [1.807, 2.05) is 18.2 Å². The van der Waals surface area contributed by atoms with E-state index < -0.39 is 0 Å². The maximum Gasteiger partial charge on any atom is 0.123 e. The molecule has 0 saturated carbocycles. The van der Waals surface area contributed by atoms with Gasteiger partial charge in [0.05, 0.1) is 11.9 Å². The summed E-state index contributed by atoms with van der Waals surface area (Å²) in [6.07, 6.45) is 0. The number of aryl methyl sites for hydroxylation is 1. The van der Waals surface area contributed by atoms with Gasteiger partial charge in [-0.3, -0.25) is 0 Å². The highest BCUT2D eigenvalue weighted by atomic mass is 79.9. The Kier molecular flexibility index (Phi) is 4.13. The summed E-state index contributed by atoms with van der Waals surface area (Å²) in [5, 5.41) is 2.81. The molecular formula is C13H12BrClOS.